The van der Waals surface area contributed by atoms with Gasteiger partial charge in [0.15, 0.2) is 5.60 Å². The maximum atomic E-state index is 13.4. The number of hydrogen-bond donors (Lipinski definition) is 2. The molecule has 1 amide bonds. The number of fused-ring (bicyclic) bond motifs is 3. The van der Waals surface area contributed by atoms with Crippen LogP contribution in [-0.4, -0.2) is 73.0 Å². The second-order valence-corrected chi connectivity index (χ2v) is 13.9. The number of aliphatic hydroxyl groups excluding tert-OH is 1. The van der Waals surface area contributed by atoms with E-state index in [-0.39, 0.29) is 28.9 Å². The summed E-state index contributed by atoms with van der Waals surface area (Å²) in [5.41, 5.74) is 0.916. The highest BCUT2D eigenvalue weighted by Crippen LogP contribution is 2.47. The van der Waals surface area contributed by atoms with Crippen molar-refractivity contribution in [2.24, 2.45) is 11.8 Å². The molecule has 5 rings (SSSR count). The molecule has 0 radical (unpaired) electrons. The number of carbonyl (C=O) groups is 2. The van der Waals surface area contributed by atoms with E-state index in [4.69, 9.17) is 21.1 Å². The normalized spacial score (nSPS) is 24.5. The number of hydrogen-bond acceptors (Lipinski definition) is 7. The van der Waals surface area contributed by atoms with E-state index in [1.807, 2.05) is 13.0 Å². The lowest BCUT2D eigenvalue weighted by molar-refractivity contribution is -0.168. The van der Waals surface area contributed by atoms with E-state index in [2.05, 4.69) is 30.2 Å². The molecule has 3 unspecified atom stereocenters. The van der Waals surface area contributed by atoms with Gasteiger partial charge in [-0.25, -0.2) is 4.79 Å². The molecule has 9 heteroatoms. The summed E-state index contributed by atoms with van der Waals surface area (Å²) in [5, 5.41) is 23.3. The fourth-order valence-corrected chi connectivity index (χ4v) is 7.74. The number of aryl methyl sites for hydroxylation is 1. The smallest absolute Gasteiger partial charge is 0.343 e. The number of anilines is 1. The van der Waals surface area contributed by atoms with Gasteiger partial charge in [-0.05, 0) is 98.2 Å². The minimum absolute atomic E-state index is 0.0967. The third-order valence-electron chi connectivity index (χ3n) is 10.6. The number of aliphatic hydroxyl groups is 2. The molecule has 2 aromatic rings. The molecule has 6 atom stereocenters. The van der Waals surface area contributed by atoms with Gasteiger partial charge in [-0.2, -0.15) is 0 Å². The first-order chi connectivity index (χ1) is 22.0. The lowest BCUT2D eigenvalue weighted by Crippen LogP contribution is -2.49. The molecule has 2 aromatic carbocycles. The number of esters is 1. The zero-order valence-electron chi connectivity index (χ0n) is 27.2. The Morgan fingerprint density at radius 2 is 2.04 bits per heavy atom. The number of rotatable bonds is 11. The number of halogens is 1. The summed E-state index contributed by atoms with van der Waals surface area (Å²) in [4.78, 5) is 30.4. The minimum Gasteiger partial charge on any atom is -0.490 e. The van der Waals surface area contributed by atoms with Gasteiger partial charge in [0.2, 0.25) is 5.91 Å². The van der Waals surface area contributed by atoms with Crippen molar-refractivity contribution in [3.05, 3.63) is 83.4 Å². The predicted molar refractivity (Wildman–Crippen MR) is 180 cm³/mol. The predicted octanol–water partition coefficient (Wildman–Crippen LogP) is 5.56. The van der Waals surface area contributed by atoms with E-state index in [1.54, 1.807) is 37.4 Å². The number of ether oxygens (including phenoxy) is 2. The monoisotopic (exact) mass is 650 g/mol. The fourth-order valence-electron chi connectivity index (χ4n) is 7.55. The molecule has 1 spiro atoms. The summed E-state index contributed by atoms with van der Waals surface area (Å²) in [7, 11) is 2.86. The largest absolute Gasteiger partial charge is 0.490 e. The van der Waals surface area contributed by atoms with Gasteiger partial charge in [0.1, 0.15) is 5.75 Å². The molecule has 46 heavy (non-hydrogen) atoms. The standard InChI is InChI=1S/C37H47ClN2O6/c1-6-9-24(3)39(4)34(42)20-37(44,35(43)45-5)27-12-16-33-31(19-27)40(21-26-11-14-29(26)32(41)7-2)22-36(23-46-33)17-8-10-25-18-28(38)13-15-30(25)36/h6-7,12-13,15-16,18-19,24,26,29,32,41,44H,1-2,8-11,14,17,20-23H2,3-5H3/t24?,26-,29+,32?,36-,37?/m0/s1. The van der Waals surface area contributed by atoms with Crippen molar-refractivity contribution >= 4 is 29.2 Å². The van der Waals surface area contributed by atoms with Crippen LogP contribution in [0.1, 0.15) is 62.1 Å². The molecule has 1 fully saturated rings. The van der Waals surface area contributed by atoms with Crippen LogP contribution in [0, 0.1) is 11.8 Å². The van der Waals surface area contributed by atoms with Crippen LogP contribution in [0.2, 0.25) is 5.02 Å². The highest BCUT2D eigenvalue weighted by atomic mass is 35.5. The van der Waals surface area contributed by atoms with E-state index in [1.165, 1.54) is 23.1 Å². The Morgan fingerprint density at radius 3 is 2.72 bits per heavy atom. The van der Waals surface area contributed by atoms with Gasteiger partial charge in [-0.1, -0.05) is 35.9 Å². The van der Waals surface area contributed by atoms with Gasteiger partial charge in [-0.15, -0.1) is 13.2 Å². The van der Waals surface area contributed by atoms with E-state index in [0.717, 1.165) is 37.8 Å². The average Bonchev–Trinajstić information content (AvgIpc) is 3.18. The zero-order chi connectivity index (χ0) is 33.2. The molecule has 2 aliphatic carbocycles. The number of carbonyl (C=O) groups excluding carboxylic acids is 2. The second-order valence-electron chi connectivity index (χ2n) is 13.4. The van der Waals surface area contributed by atoms with Crippen LogP contribution in [0.4, 0.5) is 5.69 Å². The highest BCUT2D eigenvalue weighted by molar-refractivity contribution is 6.30. The van der Waals surface area contributed by atoms with Crippen LogP contribution < -0.4 is 9.64 Å². The van der Waals surface area contributed by atoms with Gasteiger partial charge < -0.3 is 29.5 Å². The van der Waals surface area contributed by atoms with Crippen molar-refractivity contribution in [1.82, 2.24) is 4.90 Å². The maximum absolute atomic E-state index is 13.4. The lowest BCUT2D eigenvalue weighted by Gasteiger charge is -2.45. The van der Waals surface area contributed by atoms with Crippen molar-refractivity contribution < 1.29 is 29.3 Å². The Morgan fingerprint density at radius 1 is 1.26 bits per heavy atom. The molecular formula is C37H47ClN2O6. The molecule has 1 saturated carbocycles. The summed E-state index contributed by atoms with van der Waals surface area (Å²) in [6, 6.07) is 11.2. The maximum Gasteiger partial charge on any atom is 0.343 e. The number of amides is 1. The first-order valence-corrected chi connectivity index (χ1v) is 16.6. The Balaban J connectivity index is 1.56. The van der Waals surface area contributed by atoms with Crippen molar-refractivity contribution in [1.29, 1.82) is 0 Å². The number of nitrogens with zero attached hydrogens (tertiary/aromatic N) is 2. The van der Waals surface area contributed by atoms with Crippen molar-refractivity contribution in [3.63, 3.8) is 0 Å². The summed E-state index contributed by atoms with van der Waals surface area (Å²) in [5.74, 6) is -0.350. The lowest BCUT2D eigenvalue weighted by atomic mass is 9.68. The molecule has 0 aromatic heterocycles. The molecule has 0 saturated heterocycles. The quantitative estimate of drug-likeness (QED) is 0.243. The SMILES string of the molecule is C=CCC(C)N(C)C(=O)CC(O)(C(=O)OC)c1ccc2c(c1)N(C[C@@H]1CC[C@H]1C(O)C=C)C[C@@]1(CCCc3cc(Cl)ccc31)CO2. The van der Waals surface area contributed by atoms with Crippen molar-refractivity contribution in [3.8, 4) is 5.75 Å². The number of methoxy groups -OCH3 is 1. The van der Waals surface area contributed by atoms with E-state index in [9.17, 15) is 19.8 Å². The Hall–Kier alpha value is -3.33. The minimum atomic E-state index is -2.22. The highest BCUT2D eigenvalue weighted by Gasteiger charge is 2.46. The Labute approximate surface area is 277 Å². The Kier molecular flexibility index (Phi) is 10.2. The van der Waals surface area contributed by atoms with Gasteiger partial charge in [-0.3, -0.25) is 4.79 Å². The first kappa shape index (κ1) is 34.0. The topological polar surface area (TPSA) is 99.5 Å². The fraction of sp³-hybridized carbons (Fsp3) is 0.514. The Bertz CT molecular complexity index is 1480. The summed E-state index contributed by atoms with van der Waals surface area (Å²) >= 11 is 6.41. The van der Waals surface area contributed by atoms with Crippen molar-refractivity contribution in [2.75, 3.05) is 38.8 Å². The average molecular weight is 651 g/mol. The van der Waals surface area contributed by atoms with E-state index < -0.39 is 30.0 Å². The molecule has 2 N–H and O–H groups in total. The van der Waals surface area contributed by atoms with Crippen LogP contribution in [-0.2, 0) is 31.8 Å². The molecule has 3 aliphatic rings. The van der Waals surface area contributed by atoms with Gasteiger partial charge in [0.05, 0.1) is 31.9 Å². The van der Waals surface area contributed by atoms with E-state index >= 15 is 0 Å². The molecular weight excluding hydrogens is 604 g/mol. The third-order valence-corrected chi connectivity index (χ3v) is 10.9. The molecule has 8 nitrogen and oxygen atoms in total. The van der Waals surface area contributed by atoms with Crippen LogP contribution in [0.25, 0.3) is 0 Å². The van der Waals surface area contributed by atoms with Crippen LogP contribution >= 0.6 is 11.6 Å². The zero-order valence-corrected chi connectivity index (χ0v) is 28.0. The molecule has 1 aliphatic heterocycles. The van der Waals surface area contributed by atoms with Gasteiger partial charge in [0, 0.05) is 36.6 Å². The summed E-state index contributed by atoms with van der Waals surface area (Å²) < 4.78 is 11.7. The summed E-state index contributed by atoms with van der Waals surface area (Å²) in [6.45, 7) is 11.2. The van der Waals surface area contributed by atoms with Crippen LogP contribution in [0.5, 0.6) is 5.75 Å². The first-order valence-electron chi connectivity index (χ1n) is 16.3. The third kappa shape index (κ3) is 6.44. The van der Waals surface area contributed by atoms with Crippen LogP contribution in [0.15, 0.2) is 61.7 Å². The second kappa shape index (κ2) is 13.8. The summed E-state index contributed by atoms with van der Waals surface area (Å²) in [6.07, 6.45) is 7.61. The van der Waals surface area contributed by atoms with Crippen molar-refractivity contribution in [2.45, 2.75) is 75.0 Å². The van der Waals surface area contributed by atoms with Crippen LogP contribution in [0.3, 0.4) is 0 Å². The molecule has 1 heterocycles. The van der Waals surface area contributed by atoms with E-state index in [0.29, 0.717) is 36.9 Å². The number of benzene rings is 2. The van der Waals surface area contributed by atoms with Gasteiger partial charge >= 0.3 is 5.97 Å². The molecule has 248 valence electrons. The molecule has 0 bridgehead atoms. The van der Waals surface area contributed by atoms with Gasteiger partial charge in [0.25, 0.3) is 0 Å².